The number of aromatic nitrogens is 3. The minimum Gasteiger partial charge on any atom is -0.330 e. The van der Waals surface area contributed by atoms with Gasteiger partial charge in [-0.15, -0.1) is 17.5 Å². The van der Waals surface area contributed by atoms with Gasteiger partial charge in [-0.1, -0.05) is 55.8 Å². The molecule has 3 rings (SSSR count). The average molecular weight is 406 g/mol. The zero-order valence-electron chi connectivity index (χ0n) is 16.9. The summed E-state index contributed by atoms with van der Waals surface area (Å²) in [6, 6.07) is 10.7. The molecule has 1 aliphatic heterocycles. The standard InChI is InChI=1S/C21H31N5O.ClH/c1-3-5-15-25(20(4-2)17-9-7-6-8-10-17)21(27)19-16-26(24-23-19)18-11-13-22-14-12-18;/h6-10,16,18,20,22H,3-5,11-15H2,1-2H3;1H. The molecular weight excluding hydrogens is 374 g/mol. The van der Waals surface area contributed by atoms with Crippen molar-refractivity contribution in [3.8, 4) is 0 Å². The number of amides is 1. The first-order chi connectivity index (χ1) is 13.2. The Balaban J connectivity index is 0.00000280. The summed E-state index contributed by atoms with van der Waals surface area (Å²) in [6.45, 7) is 7.00. The van der Waals surface area contributed by atoms with Crippen LogP contribution in [0.2, 0.25) is 0 Å². The third kappa shape index (κ3) is 5.32. The van der Waals surface area contributed by atoms with Gasteiger partial charge in [-0.3, -0.25) is 4.79 Å². The second-order valence-corrected chi connectivity index (χ2v) is 7.25. The van der Waals surface area contributed by atoms with Crippen LogP contribution in [0.15, 0.2) is 36.5 Å². The summed E-state index contributed by atoms with van der Waals surface area (Å²) in [5, 5.41) is 11.9. The quantitative estimate of drug-likeness (QED) is 0.720. The second kappa shape index (κ2) is 11.2. The van der Waals surface area contributed by atoms with Crippen LogP contribution < -0.4 is 5.32 Å². The second-order valence-electron chi connectivity index (χ2n) is 7.25. The predicted molar refractivity (Wildman–Crippen MR) is 114 cm³/mol. The fourth-order valence-electron chi connectivity index (χ4n) is 3.81. The molecule has 1 aliphatic rings. The minimum atomic E-state index is -0.0145. The van der Waals surface area contributed by atoms with Crippen molar-refractivity contribution in [3.63, 3.8) is 0 Å². The van der Waals surface area contributed by atoms with E-state index in [0.717, 1.165) is 51.7 Å². The van der Waals surface area contributed by atoms with Gasteiger partial charge in [-0.25, -0.2) is 4.68 Å². The van der Waals surface area contributed by atoms with E-state index in [1.165, 1.54) is 5.56 Å². The first-order valence-electron chi connectivity index (χ1n) is 10.2. The Morgan fingerprint density at radius 1 is 1.25 bits per heavy atom. The topological polar surface area (TPSA) is 63.1 Å². The van der Waals surface area contributed by atoms with E-state index in [9.17, 15) is 4.79 Å². The highest BCUT2D eigenvalue weighted by Crippen LogP contribution is 2.26. The Morgan fingerprint density at radius 2 is 1.96 bits per heavy atom. The molecule has 0 aliphatic carbocycles. The van der Waals surface area contributed by atoms with E-state index in [2.05, 4.69) is 41.6 Å². The van der Waals surface area contributed by atoms with Crippen LogP contribution in [-0.2, 0) is 0 Å². The molecule has 28 heavy (non-hydrogen) atoms. The van der Waals surface area contributed by atoms with Gasteiger partial charge in [0.25, 0.3) is 5.91 Å². The Kier molecular flexibility index (Phi) is 8.93. The van der Waals surface area contributed by atoms with E-state index in [1.54, 1.807) is 0 Å². The lowest BCUT2D eigenvalue weighted by atomic mass is 10.0. The molecule has 7 heteroatoms. The largest absolute Gasteiger partial charge is 0.330 e. The Labute approximate surface area is 174 Å². The number of halogens is 1. The molecule has 2 aromatic rings. The molecule has 154 valence electrons. The van der Waals surface area contributed by atoms with Gasteiger partial charge in [-0.05, 0) is 44.3 Å². The van der Waals surface area contributed by atoms with E-state index in [4.69, 9.17) is 0 Å². The lowest BCUT2D eigenvalue weighted by Crippen LogP contribution is -2.36. The van der Waals surface area contributed by atoms with Crippen molar-refractivity contribution in [3.05, 3.63) is 47.8 Å². The van der Waals surface area contributed by atoms with E-state index >= 15 is 0 Å². The van der Waals surface area contributed by atoms with Gasteiger partial charge < -0.3 is 10.2 Å². The Hall–Kier alpha value is -1.92. The number of hydrogen-bond acceptors (Lipinski definition) is 4. The van der Waals surface area contributed by atoms with E-state index in [0.29, 0.717) is 11.7 Å². The number of nitrogens with one attached hydrogen (secondary N) is 1. The van der Waals surface area contributed by atoms with Crippen molar-refractivity contribution in [1.29, 1.82) is 0 Å². The third-order valence-electron chi connectivity index (χ3n) is 5.37. The number of carbonyl (C=O) groups is 1. The zero-order chi connectivity index (χ0) is 19.1. The number of nitrogens with zero attached hydrogens (tertiary/aromatic N) is 4. The number of unbranched alkanes of at least 4 members (excludes halogenated alkanes) is 1. The number of rotatable bonds is 8. The summed E-state index contributed by atoms with van der Waals surface area (Å²) < 4.78 is 1.88. The zero-order valence-corrected chi connectivity index (χ0v) is 17.7. The van der Waals surface area contributed by atoms with E-state index in [1.807, 2.05) is 34.0 Å². The normalized spacial score (nSPS) is 15.6. The summed E-state index contributed by atoms with van der Waals surface area (Å²) in [4.78, 5) is 15.3. The monoisotopic (exact) mass is 405 g/mol. The third-order valence-corrected chi connectivity index (χ3v) is 5.37. The smallest absolute Gasteiger partial charge is 0.276 e. The highest BCUT2D eigenvalue weighted by Gasteiger charge is 2.27. The van der Waals surface area contributed by atoms with Crippen molar-refractivity contribution in [2.75, 3.05) is 19.6 Å². The lowest BCUT2D eigenvalue weighted by molar-refractivity contribution is 0.0661. The summed E-state index contributed by atoms with van der Waals surface area (Å²) in [7, 11) is 0. The molecule has 1 aromatic heterocycles. The van der Waals surface area contributed by atoms with Gasteiger partial charge in [-0.2, -0.15) is 0 Å². The fourth-order valence-corrected chi connectivity index (χ4v) is 3.81. The van der Waals surface area contributed by atoms with Gasteiger partial charge in [0.05, 0.1) is 18.3 Å². The number of hydrogen-bond donors (Lipinski definition) is 1. The maximum atomic E-state index is 13.3. The van der Waals surface area contributed by atoms with Crippen molar-refractivity contribution in [1.82, 2.24) is 25.2 Å². The fraction of sp³-hybridized carbons (Fsp3) is 0.571. The number of benzene rings is 1. The highest BCUT2D eigenvalue weighted by molar-refractivity contribution is 5.92. The van der Waals surface area contributed by atoms with Crippen LogP contribution in [0, 0.1) is 0 Å². The van der Waals surface area contributed by atoms with Gasteiger partial charge in [0.1, 0.15) is 0 Å². The van der Waals surface area contributed by atoms with Crippen molar-refractivity contribution in [2.45, 2.75) is 58.0 Å². The van der Waals surface area contributed by atoms with Crippen molar-refractivity contribution < 1.29 is 4.79 Å². The molecule has 0 bridgehead atoms. The summed E-state index contributed by atoms with van der Waals surface area (Å²) in [5.74, 6) is -0.0145. The van der Waals surface area contributed by atoms with Crippen molar-refractivity contribution >= 4 is 18.3 Å². The van der Waals surface area contributed by atoms with E-state index in [-0.39, 0.29) is 24.4 Å². The van der Waals surface area contributed by atoms with Crippen LogP contribution >= 0.6 is 12.4 Å². The molecule has 1 saturated heterocycles. The molecule has 1 atom stereocenters. The molecule has 6 nitrogen and oxygen atoms in total. The number of piperidine rings is 1. The molecule has 1 unspecified atom stereocenters. The molecule has 0 spiro atoms. The SMILES string of the molecule is CCCCN(C(=O)c1cn(C2CCNCC2)nn1)C(CC)c1ccccc1.Cl. The van der Waals surface area contributed by atoms with Gasteiger partial charge in [0, 0.05) is 6.54 Å². The molecule has 0 radical (unpaired) electrons. The van der Waals surface area contributed by atoms with Crippen LogP contribution in [0.3, 0.4) is 0 Å². The lowest BCUT2D eigenvalue weighted by Gasteiger charge is -2.31. The maximum Gasteiger partial charge on any atom is 0.276 e. The molecule has 1 aromatic carbocycles. The molecule has 1 amide bonds. The van der Waals surface area contributed by atoms with Crippen LogP contribution in [0.4, 0.5) is 0 Å². The first-order valence-corrected chi connectivity index (χ1v) is 10.2. The van der Waals surface area contributed by atoms with Crippen LogP contribution in [0.5, 0.6) is 0 Å². The molecule has 1 N–H and O–H groups in total. The maximum absolute atomic E-state index is 13.3. The minimum absolute atomic E-state index is 0. The number of carbonyl (C=O) groups excluding carboxylic acids is 1. The molecule has 2 heterocycles. The van der Waals surface area contributed by atoms with Gasteiger partial charge >= 0.3 is 0 Å². The first kappa shape index (κ1) is 22.4. The molecule has 0 saturated carbocycles. The Bertz CT molecular complexity index is 715. The summed E-state index contributed by atoms with van der Waals surface area (Å²) in [6.07, 6.45) is 6.81. The van der Waals surface area contributed by atoms with E-state index < -0.39 is 0 Å². The van der Waals surface area contributed by atoms with Crippen molar-refractivity contribution in [2.24, 2.45) is 0 Å². The molecular formula is C21H32ClN5O. The average Bonchev–Trinajstić information content (AvgIpc) is 3.22. The summed E-state index contributed by atoms with van der Waals surface area (Å²) in [5.41, 5.74) is 1.63. The van der Waals surface area contributed by atoms with Gasteiger partial charge in [0.15, 0.2) is 5.69 Å². The summed E-state index contributed by atoms with van der Waals surface area (Å²) >= 11 is 0. The van der Waals surface area contributed by atoms with Crippen LogP contribution in [0.25, 0.3) is 0 Å². The van der Waals surface area contributed by atoms with Gasteiger partial charge in [0.2, 0.25) is 0 Å². The van der Waals surface area contributed by atoms with Crippen LogP contribution in [0.1, 0.15) is 74.1 Å². The van der Waals surface area contributed by atoms with Crippen LogP contribution in [-0.4, -0.2) is 45.4 Å². The predicted octanol–water partition coefficient (Wildman–Crippen LogP) is 4.02. The highest BCUT2D eigenvalue weighted by atomic mass is 35.5. The molecule has 1 fully saturated rings. The Morgan fingerprint density at radius 3 is 2.61 bits per heavy atom.